The molecular weight excluding hydrogens is 102 g/mol. The molecule has 0 aromatic rings. The van der Waals surface area contributed by atoms with Crippen LogP contribution in [0.2, 0.25) is 5.54 Å². The van der Waals surface area contributed by atoms with Crippen LogP contribution >= 0.6 is 0 Å². The van der Waals surface area contributed by atoms with Crippen LogP contribution in [-0.2, 0) is 0 Å². The summed E-state index contributed by atoms with van der Waals surface area (Å²) in [6.45, 7) is 0. The summed E-state index contributed by atoms with van der Waals surface area (Å²) in [5.41, 5.74) is 0.824. The first-order valence-corrected chi connectivity index (χ1v) is 3.40. The second-order valence-corrected chi connectivity index (χ2v) is 2.96. The molecule has 0 bridgehead atoms. The predicted molar refractivity (Wildman–Crippen MR) is 46.3 cm³/mol. The summed E-state index contributed by atoms with van der Waals surface area (Å²) in [7, 11) is 1.28. The second kappa shape index (κ2) is 6.02. The van der Waals surface area contributed by atoms with Crippen LogP contribution in [0.4, 0.5) is 0 Å². The third-order valence-corrected chi connectivity index (χ3v) is 1.71. The fraction of sp³-hybridized carbons (Fsp3) is 0.200. The minimum absolute atomic E-state index is 0. The fourth-order valence-corrected chi connectivity index (χ4v) is 0.987. The molecule has 8 heavy (non-hydrogen) atoms. The standard InChI is InChI=1S/C5H8Si.2Li.2H/c6-5-3-1-2-4-5;;;;/h1-5H,6H3;;;;. The zero-order valence-corrected chi connectivity index (χ0v) is 5.89. The van der Waals surface area contributed by atoms with E-state index in [0.717, 1.165) is 5.54 Å². The van der Waals surface area contributed by atoms with Gasteiger partial charge in [-0.3, -0.25) is 0 Å². The van der Waals surface area contributed by atoms with Gasteiger partial charge in [-0.05, 0) is 5.54 Å². The van der Waals surface area contributed by atoms with Gasteiger partial charge in [-0.2, -0.15) is 0 Å². The van der Waals surface area contributed by atoms with Gasteiger partial charge in [-0.1, -0.05) is 24.3 Å². The Morgan fingerprint density at radius 3 is 1.50 bits per heavy atom. The van der Waals surface area contributed by atoms with Gasteiger partial charge >= 0.3 is 37.7 Å². The predicted octanol–water partition coefficient (Wildman–Crippen LogP) is -1.03. The van der Waals surface area contributed by atoms with Gasteiger partial charge < -0.3 is 0 Å². The fourth-order valence-electron chi connectivity index (χ4n) is 0.543. The van der Waals surface area contributed by atoms with Crippen molar-refractivity contribution in [3.05, 3.63) is 24.3 Å². The van der Waals surface area contributed by atoms with Crippen LogP contribution < -0.4 is 0 Å². The molecule has 1 rings (SSSR count). The zero-order valence-electron chi connectivity index (χ0n) is 3.89. The van der Waals surface area contributed by atoms with E-state index in [1.165, 1.54) is 10.2 Å². The molecule has 0 saturated carbocycles. The van der Waals surface area contributed by atoms with Crippen molar-refractivity contribution in [2.24, 2.45) is 0 Å². The van der Waals surface area contributed by atoms with Gasteiger partial charge in [-0.25, -0.2) is 0 Å². The summed E-state index contributed by atoms with van der Waals surface area (Å²) in [5.74, 6) is 0. The monoisotopic (exact) mass is 112 g/mol. The van der Waals surface area contributed by atoms with Gasteiger partial charge in [0.2, 0.25) is 0 Å². The number of hydrogen-bond donors (Lipinski definition) is 0. The Bertz CT molecular complexity index is 86.6. The summed E-state index contributed by atoms with van der Waals surface area (Å²) in [4.78, 5) is 0. The molecule has 0 unspecified atom stereocenters. The van der Waals surface area contributed by atoms with Gasteiger partial charge in [0.25, 0.3) is 0 Å². The Morgan fingerprint density at radius 2 is 1.38 bits per heavy atom. The first kappa shape index (κ1) is 11.7. The van der Waals surface area contributed by atoms with Gasteiger partial charge in [0.05, 0.1) is 0 Å². The third-order valence-electron chi connectivity index (χ3n) is 0.940. The van der Waals surface area contributed by atoms with Gasteiger partial charge in [-0.15, -0.1) is 0 Å². The maximum atomic E-state index is 2.23. The average Bonchev–Trinajstić information content (AvgIpc) is 1.86. The molecule has 0 N–H and O–H groups in total. The Balaban J connectivity index is 0. The third kappa shape index (κ3) is 3.84. The molecule has 0 nitrogen and oxygen atoms in total. The molecule has 0 radical (unpaired) electrons. The molecule has 0 heterocycles. The topological polar surface area (TPSA) is 0 Å². The van der Waals surface area contributed by atoms with Crippen molar-refractivity contribution in [2.75, 3.05) is 0 Å². The minimum atomic E-state index is 0. The van der Waals surface area contributed by atoms with E-state index < -0.39 is 0 Å². The van der Waals surface area contributed by atoms with E-state index in [2.05, 4.69) is 24.3 Å². The minimum Gasteiger partial charge on any atom is -0.0814 e. The molecule has 1 aliphatic rings. The van der Waals surface area contributed by atoms with E-state index in [9.17, 15) is 0 Å². The van der Waals surface area contributed by atoms with Crippen LogP contribution in [0.3, 0.4) is 0 Å². The average molecular weight is 112 g/mol. The van der Waals surface area contributed by atoms with Crippen LogP contribution in [-0.4, -0.2) is 48.0 Å². The molecule has 36 valence electrons. The van der Waals surface area contributed by atoms with Crippen molar-refractivity contribution in [1.29, 1.82) is 0 Å². The summed E-state index contributed by atoms with van der Waals surface area (Å²) in [6.07, 6.45) is 8.67. The molecular formula is C5H10Li2Si. The molecule has 0 spiro atoms. The largest absolute Gasteiger partial charge is 0.0814 e. The van der Waals surface area contributed by atoms with E-state index in [-0.39, 0.29) is 37.7 Å². The molecule has 0 amide bonds. The van der Waals surface area contributed by atoms with Crippen molar-refractivity contribution in [3.8, 4) is 0 Å². The van der Waals surface area contributed by atoms with Gasteiger partial charge in [0.15, 0.2) is 0 Å². The molecule has 0 aliphatic heterocycles. The summed E-state index contributed by atoms with van der Waals surface area (Å²) < 4.78 is 0. The second-order valence-electron chi connectivity index (χ2n) is 1.63. The first-order valence-electron chi connectivity index (χ1n) is 2.24. The van der Waals surface area contributed by atoms with Crippen molar-refractivity contribution in [3.63, 3.8) is 0 Å². The van der Waals surface area contributed by atoms with Crippen molar-refractivity contribution >= 4 is 48.0 Å². The van der Waals surface area contributed by atoms with E-state index in [4.69, 9.17) is 0 Å². The van der Waals surface area contributed by atoms with E-state index in [0.29, 0.717) is 0 Å². The normalized spacial score (nSPS) is 15.5. The summed E-state index contributed by atoms with van der Waals surface area (Å²) in [5, 5.41) is 0. The Morgan fingerprint density at radius 1 is 1.00 bits per heavy atom. The van der Waals surface area contributed by atoms with Crippen LogP contribution in [0.1, 0.15) is 0 Å². The molecule has 0 fully saturated rings. The van der Waals surface area contributed by atoms with Crippen LogP contribution in [0.25, 0.3) is 0 Å². The molecule has 0 aromatic heterocycles. The number of allylic oxidation sites excluding steroid dienone is 4. The zero-order chi connectivity index (χ0) is 4.41. The Labute approximate surface area is 77.6 Å². The van der Waals surface area contributed by atoms with Crippen molar-refractivity contribution < 1.29 is 0 Å². The molecule has 0 saturated heterocycles. The van der Waals surface area contributed by atoms with Crippen molar-refractivity contribution in [2.45, 2.75) is 5.54 Å². The Kier molecular flexibility index (Phi) is 8.77. The molecule has 1 aliphatic carbocycles. The molecule has 0 aromatic carbocycles. The Hall–Kier alpha value is 0.892. The molecule has 0 atom stereocenters. The maximum Gasteiger partial charge on any atom is 0.0163 e. The summed E-state index contributed by atoms with van der Waals surface area (Å²) >= 11 is 0. The van der Waals surface area contributed by atoms with E-state index >= 15 is 0 Å². The first-order chi connectivity index (χ1) is 2.89. The van der Waals surface area contributed by atoms with Crippen molar-refractivity contribution in [1.82, 2.24) is 0 Å². The number of rotatable bonds is 0. The SMILES string of the molecule is [LiH].[LiH].[SiH3]C1C=CC=C1. The van der Waals surface area contributed by atoms with Gasteiger partial charge in [0, 0.05) is 10.2 Å². The summed E-state index contributed by atoms with van der Waals surface area (Å²) in [6, 6.07) is 0. The van der Waals surface area contributed by atoms with Crippen LogP contribution in [0, 0.1) is 0 Å². The van der Waals surface area contributed by atoms with E-state index in [1.54, 1.807) is 0 Å². The quantitative estimate of drug-likeness (QED) is 0.351. The van der Waals surface area contributed by atoms with Gasteiger partial charge in [0.1, 0.15) is 0 Å². The number of hydrogen-bond acceptors (Lipinski definition) is 0. The van der Waals surface area contributed by atoms with Crippen LogP contribution in [0.5, 0.6) is 0 Å². The smallest absolute Gasteiger partial charge is 0.0163 e. The maximum absolute atomic E-state index is 2.23. The van der Waals surface area contributed by atoms with E-state index in [1.807, 2.05) is 0 Å². The van der Waals surface area contributed by atoms with Crippen LogP contribution in [0.15, 0.2) is 24.3 Å². The molecule has 3 heteroatoms.